The molecular formula is C30H20N6O5. The molecule has 0 spiro atoms. The molecule has 3 aromatic heterocycles. The molecule has 3 aliphatic rings. The lowest BCUT2D eigenvalue weighted by molar-refractivity contribution is -0.123. The molecule has 1 aromatic carbocycles. The minimum atomic E-state index is -0.625. The van der Waals surface area contributed by atoms with Crippen LogP contribution < -0.4 is 10.2 Å². The van der Waals surface area contributed by atoms with Crippen molar-refractivity contribution in [2.75, 3.05) is 12.0 Å². The molecule has 200 valence electrons. The third kappa shape index (κ3) is 3.70. The fraction of sp³-hybridized carbons (Fsp3) is 0.100. The van der Waals surface area contributed by atoms with E-state index in [0.29, 0.717) is 29.0 Å². The Kier molecular flexibility index (Phi) is 5.46. The van der Waals surface area contributed by atoms with E-state index in [0.717, 1.165) is 11.3 Å². The van der Waals surface area contributed by atoms with E-state index in [1.807, 2.05) is 35.2 Å². The number of aromatic nitrogens is 3. The number of ketones is 1. The van der Waals surface area contributed by atoms with Crippen LogP contribution in [-0.4, -0.2) is 56.8 Å². The number of anilines is 1. The van der Waals surface area contributed by atoms with Gasteiger partial charge in [0.1, 0.15) is 17.4 Å². The fourth-order valence-electron chi connectivity index (χ4n) is 5.55. The first-order valence-corrected chi connectivity index (χ1v) is 12.7. The Labute approximate surface area is 232 Å². The molecular weight excluding hydrogens is 524 g/mol. The number of nitrogens with zero attached hydrogens (tertiary/aromatic N) is 5. The molecule has 0 bridgehead atoms. The van der Waals surface area contributed by atoms with Crippen LogP contribution in [0.5, 0.6) is 0 Å². The molecule has 0 saturated carbocycles. The number of aliphatic imine (C=N–C) groups is 1. The second-order valence-corrected chi connectivity index (χ2v) is 9.61. The van der Waals surface area contributed by atoms with Crippen molar-refractivity contribution >= 4 is 46.2 Å². The van der Waals surface area contributed by atoms with Gasteiger partial charge in [-0.3, -0.25) is 34.1 Å². The predicted octanol–water partition coefficient (Wildman–Crippen LogP) is 2.51. The van der Waals surface area contributed by atoms with Crippen molar-refractivity contribution in [2.45, 2.75) is 12.5 Å². The smallest absolute Gasteiger partial charge is 0.339 e. The molecule has 11 nitrogen and oxygen atoms in total. The van der Waals surface area contributed by atoms with Crippen molar-refractivity contribution in [3.05, 3.63) is 113 Å². The number of Topliss-reactive ketones (excluding diaryl/α,β-unsaturated/α-hetero) is 1. The Hall–Kier alpha value is -5.71. The highest BCUT2D eigenvalue weighted by atomic mass is 16.5. The first kappa shape index (κ1) is 24.3. The third-order valence-electron chi connectivity index (χ3n) is 7.39. The number of imide groups is 1. The lowest BCUT2D eigenvalue weighted by atomic mass is 9.94. The number of methoxy groups -OCH3 is 1. The minimum Gasteiger partial charge on any atom is -0.465 e. The lowest BCUT2D eigenvalue weighted by Crippen LogP contribution is -2.36. The molecule has 1 unspecified atom stereocenters. The van der Waals surface area contributed by atoms with Gasteiger partial charge in [-0.05, 0) is 29.8 Å². The summed E-state index contributed by atoms with van der Waals surface area (Å²) in [5, 5.41) is 2.42. The van der Waals surface area contributed by atoms with E-state index in [2.05, 4.69) is 20.3 Å². The zero-order valence-electron chi connectivity index (χ0n) is 21.6. The number of imidazole rings is 1. The van der Waals surface area contributed by atoms with Crippen LogP contribution in [0.15, 0.2) is 90.1 Å². The van der Waals surface area contributed by atoms with E-state index in [4.69, 9.17) is 4.74 Å². The van der Waals surface area contributed by atoms with Gasteiger partial charge in [0.25, 0.3) is 11.8 Å². The molecule has 11 heteroatoms. The van der Waals surface area contributed by atoms with E-state index in [1.165, 1.54) is 31.6 Å². The molecule has 0 aliphatic carbocycles. The van der Waals surface area contributed by atoms with Crippen LogP contribution in [0.4, 0.5) is 5.69 Å². The zero-order chi connectivity index (χ0) is 28.2. The molecule has 0 radical (unpaired) electrons. The second-order valence-electron chi connectivity index (χ2n) is 9.61. The Balaban J connectivity index is 1.31. The third-order valence-corrected chi connectivity index (χ3v) is 7.39. The number of carbonyl (C=O) groups excluding carboxylic acids is 4. The molecule has 6 heterocycles. The maximum atomic E-state index is 13.6. The van der Waals surface area contributed by atoms with Crippen molar-refractivity contribution < 1.29 is 23.9 Å². The maximum Gasteiger partial charge on any atom is 0.339 e. The number of hydrogen-bond acceptors (Lipinski definition) is 9. The number of hydrogen-bond donors (Lipinski definition) is 1. The van der Waals surface area contributed by atoms with E-state index in [9.17, 15) is 19.2 Å². The first-order chi connectivity index (χ1) is 20.0. The van der Waals surface area contributed by atoms with Gasteiger partial charge in [0.15, 0.2) is 0 Å². The van der Waals surface area contributed by atoms with Gasteiger partial charge in [0.2, 0.25) is 5.78 Å². The quantitative estimate of drug-likeness (QED) is 0.230. The molecule has 0 saturated heterocycles. The number of rotatable bonds is 5. The van der Waals surface area contributed by atoms with Gasteiger partial charge in [-0.2, -0.15) is 0 Å². The average molecular weight is 545 g/mol. The van der Waals surface area contributed by atoms with Crippen molar-refractivity contribution in [1.29, 1.82) is 0 Å². The van der Waals surface area contributed by atoms with Crippen LogP contribution in [0.25, 0.3) is 11.2 Å². The van der Waals surface area contributed by atoms with Crippen molar-refractivity contribution in [3.63, 3.8) is 0 Å². The van der Waals surface area contributed by atoms with Gasteiger partial charge in [0, 0.05) is 36.8 Å². The highest BCUT2D eigenvalue weighted by molar-refractivity contribution is 6.47. The normalized spacial score (nSPS) is 17.4. The summed E-state index contributed by atoms with van der Waals surface area (Å²) in [6.07, 6.45) is 8.26. The largest absolute Gasteiger partial charge is 0.465 e. The van der Waals surface area contributed by atoms with Crippen LogP contribution in [-0.2, 0) is 20.7 Å². The predicted molar refractivity (Wildman–Crippen MR) is 147 cm³/mol. The van der Waals surface area contributed by atoms with Gasteiger partial charge in [-0.15, -0.1) is 0 Å². The molecule has 0 fully saturated rings. The number of esters is 1. The maximum absolute atomic E-state index is 13.6. The number of carbonyl (C=O) groups is 4. The summed E-state index contributed by atoms with van der Waals surface area (Å²) >= 11 is 0. The molecule has 1 N–H and O–H groups in total. The van der Waals surface area contributed by atoms with Crippen LogP contribution in [0.3, 0.4) is 0 Å². The van der Waals surface area contributed by atoms with Crippen molar-refractivity contribution in [3.8, 4) is 0 Å². The standard InChI is InChI=1S/C30H20N6O5/c1-41-30(40)17-8-9-19(32-14-17)27(37)20-13-16-5-4-6-18-25(31-10-12-36(20)26(16)18)24-23(28(38)34-29(24)39)21-15-33-22-7-2-3-11-35(21)22/h2-12,14-15,20H,13H2,1H3,(H,34,38,39). The molecule has 7 rings (SSSR count). The topological polar surface area (TPSA) is 135 Å². The molecule has 4 aromatic rings. The van der Waals surface area contributed by atoms with Crippen LogP contribution in [0, 0.1) is 0 Å². The summed E-state index contributed by atoms with van der Waals surface area (Å²) in [6, 6.07) is 13.4. The monoisotopic (exact) mass is 544 g/mol. The minimum absolute atomic E-state index is 0.135. The van der Waals surface area contributed by atoms with Crippen LogP contribution in [0.1, 0.15) is 37.7 Å². The summed E-state index contributed by atoms with van der Waals surface area (Å²) in [7, 11) is 1.28. The van der Waals surface area contributed by atoms with Crippen molar-refractivity contribution in [2.24, 2.45) is 4.99 Å². The summed E-state index contributed by atoms with van der Waals surface area (Å²) in [4.78, 5) is 66.8. The van der Waals surface area contributed by atoms with Crippen LogP contribution >= 0.6 is 0 Å². The van der Waals surface area contributed by atoms with E-state index < -0.39 is 23.8 Å². The number of nitrogens with one attached hydrogen (secondary N) is 1. The number of fused-ring (bicyclic) bond motifs is 1. The van der Waals surface area contributed by atoms with E-state index >= 15 is 0 Å². The Morgan fingerprint density at radius 2 is 1.83 bits per heavy atom. The van der Waals surface area contributed by atoms with Gasteiger partial charge < -0.3 is 9.64 Å². The lowest BCUT2D eigenvalue weighted by Gasteiger charge is -2.23. The zero-order valence-corrected chi connectivity index (χ0v) is 21.6. The van der Waals surface area contributed by atoms with Crippen LogP contribution in [0.2, 0.25) is 0 Å². The molecule has 3 aliphatic heterocycles. The van der Waals surface area contributed by atoms with Gasteiger partial charge in [0.05, 0.1) is 47.1 Å². The van der Waals surface area contributed by atoms with E-state index in [-0.39, 0.29) is 28.2 Å². The summed E-state index contributed by atoms with van der Waals surface area (Å²) in [6.45, 7) is 0. The Morgan fingerprint density at radius 3 is 2.63 bits per heavy atom. The average Bonchev–Trinajstić information content (AvgIpc) is 3.62. The summed E-state index contributed by atoms with van der Waals surface area (Å²) in [5.74, 6) is -1.88. The van der Waals surface area contributed by atoms with Gasteiger partial charge in [-0.1, -0.05) is 24.3 Å². The van der Waals surface area contributed by atoms with Gasteiger partial charge >= 0.3 is 5.97 Å². The number of amides is 2. The Morgan fingerprint density at radius 1 is 0.976 bits per heavy atom. The number of benzene rings is 1. The van der Waals surface area contributed by atoms with E-state index in [1.54, 1.807) is 29.1 Å². The number of pyridine rings is 2. The second kappa shape index (κ2) is 9.19. The molecule has 1 atom stereocenters. The summed E-state index contributed by atoms with van der Waals surface area (Å²) < 4.78 is 6.46. The molecule has 41 heavy (non-hydrogen) atoms. The molecule has 2 amide bonds. The Bertz CT molecular complexity index is 1920. The van der Waals surface area contributed by atoms with Gasteiger partial charge in [-0.25, -0.2) is 9.78 Å². The highest BCUT2D eigenvalue weighted by Gasteiger charge is 2.41. The highest BCUT2D eigenvalue weighted by Crippen LogP contribution is 2.40. The SMILES string of the molecule is COC(=O)c1ccc(C(=O)C2Cc3cccc4c3N2C=CN=C4C2=C(c3cnc4ccccn34)C(=O)NC2=O)nc1. The number of para-hydroxylation sites is 1. The van der Waals surface area contributed by atoms with Crippen molar-refractivity contribution in [1.82, 2.24) is 19.7 Å². The first-order valence-electron chi connectivity index (χ1n) is 12.7. The summed E-state index contributed by atoms with van der Waals surface area (Å²) in [5.41, 5.74) is 4.39. The number of ether oxygens (including phenoxy) is 1. The fourth-order valence-corrected chi connectivity index (χ4v) is 5.55.